The lowest BCUT2D eigenvalue weighted by molar-refractivity contribution is -0.182. The van der Waals surface area contributed by atoms with Crippen LogP contribution in [-0.4, -0.2) is 36.3 Å². The molecule has 1 saturated heterocycles. The highest BCUT2D eigenvalue weighted by atomic mass is 16.8. The quantitative estimate of drug-likeness (QED) is 0.750. The van der Waals surface area contributed by atoms with Crippen LogP contribution < -0.4 is 0 Å². The Kier molecular flexibility index (Phi) is 6.58. The number of hydrogen-bond donors (Lipinski definition) is 1. The Morgan fingerprint density at radius 2 is 2.05 bits per heavy atom. The van der Waals surface area contributed by atoms with Crippen LogP contribution in [0.1, 0.15) is 32.3 Å². The SMILES string of the molecule is CCC1(CC)OC[C@H]([C@@H](/C=C/CO)OCc2ccccc2)O1. The molecule has 1 heterocycles. The fourth-order valence-corrected chi connectivity index (χ4v) is 2.61. The highest BCUT2D eigenvalue weighted by molar-refractivity contribution is 5.13. The van der Waals surface area contributed by atoms with Gasteiger partial charge in [-0.15, -0.1) is 0 Å². The molecule has 2 atom stereocenters. The van der Waals surface area contributed by atoms with Gasteiger partial charge in [0, 0.05) is 0 Å². The van der Waals surface area contributed by atoms with Crippen molar-refractivity contribution in [1.29, 1.82) is 0 Å². The molecule has 0 saturated carbocycles. The molecule has 0 aliphatic carbocycles. The maximum Gasteiger partial charge on any atom is 0.168 e. The minimum absolute atomic E-state index is 0.00846. The van der Waals surface area contributed by atoms with Crippen LogP contribution in [0.4, 0.5) is 0 Å². The number of benzene rings is 1. The zero-order valence-corrected chi connectivity index (χ0v) is 13.4. The van der Waals surface area contributed by atoms with Gasteiger partial charge in [0.05, 0.1) is 19.8 Å². The van der Waals surface area contributed by atoms with E-state index in [0.29, 0.717) is 13.2 Å². The van der Waals surface area contributed by atoms with Crippen LogP contribution in [0, 0.1) is 0 Å². The van der Waals surface area contributed by atoms with Gasteiger partial charge in [-0.2, -0.15) is 0 Å². The van der Waals surface area contributed by atoms with Crippen molar-refractivity contribution >= 4 is 0 Å². The molecule has 1 aliphatic rings. The summed E-state index contributed by atoms with van der Waals surface area (Å²) in [6.07, 6.45) is 4.80. The molecule has 0 bridgehead atoms. The van der Waals surface area contributed by atoms with E-state index in [9.17, 15) is 0 Å². The van der Waals surface area contributed by atoms with E-state index < -0.39 is 5.79 Å². The van der Waals surface area contributed by atoms with Crippen LogP contribution in [0.2, 0.25) is 0 Å². The molecule has 0 aromatic heterocycles. The van der Waals surface area contributed by atoms with Crippen molar-refractivity contribution in [3.8, 4) is 0 Å². The van der Waals surface area contributed by atoms with E-state index in [1.54, 1.807) is 6.08 Å². The molecule has 4 nitrogen and oxygen atoms in total. The first-order valence-corrected chi connectivity index (χ1v) is 7.98. The predicted octanol–water partition coefficient (Wildman–Crippen LogP) is 3.05. The third-order valence-corrected chi connectivity index (χ3v) is 4.04. The van der Waals surface area contributed by atoms with E-state index >= 15 is 0 Å². The van der Waals surface area contributed by atoms with E-state index in [0.717, 1.165) is 18.4 Å². The smallest absolute Gasteiger partial charge is 0.168 e. The van der Waals surface area contributed by atoms with Gasteiger partial charge in [-0.1, -0.05) is 56.3 Å². The molecule has 0 spiro atoms. The Bertz CT molecular complexity index is 453. The van der Waals surface area contributed by atoms with Crippen LogP contribution in [0.5, 0.6) is 0 Å². The molecule has 0 amide bonds. The van der Waals surface area contributed by atoms with E-state index in [1.165, 1.54) is 0 Å². The number of ether oxygens (including phenoxy) is 3. The Morgan fingerprint density at radius 1 is 1.32 bits per heavy atom. The Balaban J connectivity index is 1.99. The molecule has 4 heteroatoms. The molecular weight excluding hydrogens is 280 g/mol. The maximum absolute atomic E-state index is 9.02. The Morgan fingerprint density at radius 3 is 2.64 bits per heavy atom. The largest absolute Gasteiger partial charge is 0.392 e. The van der Waals surface area contributed by atoms with Gasteiger partial charge in [-0.25, -0.2) is 0 Å². The summed E-state index contributed by atoms with van der Waals surface area (Å²) in [5.41, 5.74) is 1.11. The van der Waals surface area contributed by atoms with Gasteiger partial charge >= 0.3 is 0 Å². The van der Waals surface area contributed by atoms with Crippen LogP contribution in [0.15, 0.2) is 42.5 Å². The summed E-state index contributed by atoms with van der Waals surface area (Å²) in [5.74, 6) is -0.494. The second kappa shape index (κ2) is 8.44. The second-order valence-electron chi connectivity index (χ2n) is 5.46. The highest BCUT2D eigenvalue weighted by Crippen LogP contribution is 2.32. The predicted molar refractivity (Wildman–Crippen MR) is 85.4 cm³/mol. The number of rotatable bonds is 8. The fraction of sp³-hybridized carbons (Fsp3) is 0.556. The van der Waals surface area contributed by atoms with Gasteiger partial charge < -0.3 is 19.3 Å². The van der Waals surface area contributed by atoms with Crippen molar-refractivity contribution in [2.24, 2.45) is 0 Å². The average molecular weight is 306 g/mol. The normalized spacial score (nSPS) is 22.2. The monoisotopic (exact) mass is 306 g/mol. The van der Waals surface area contributed by atoms with Crippen molar-refractivity contribution in [2.75, 3.05) is 13.2 Å². The first-order valence-electron chi connectivity index (χ1n) is 7.98. The van der Waals surface area contributed by atoms with Crippen molar-refractivity contribution in [2.45, 2.75) is 51.3 Å². The number of hydrogen-bond acceptors (Lipinski definition) is 4. The van der Waals surface area contributed by atoms with Gasteiger partial charge in [0.15, 0.2) is 5.79 Å². The Hall–Kier alpha value is -1.20. The molecule has 1 N–H and O–H groups in total. The first-order chi connectivity index (χ1) is 10.7. The summed E-state index contributed by atoms with van der Waals surface area (Å²) < 4.78 is 18.0. The summed E-state index contributed by atoms with van der Waals surface area (Å²) in [7, 11) is 0. The molecule has 0 unspecified atom stereocenters. The van der Waals surface area contributed by atoms with E-state index in [1.807, 2.05) is 36.4 Å². The third kappa shape index (κ3) is 4.40. The second-order valence-corrected chi connectivity index (χ2v) is 5.46. The summed E-state index contributed by atoms with van der Waals surface area (Å²) >= 11 is 0. The van der Waals surface area contributed by atoms with Gasteiger partial charge in [-0.05, 0) is 18.4 Å². The molecule has 1 aromatic rings. The van der Waals surface area contributed by atoms with E-state index in [-0.39, 0.29) is 18.8 Å². The van der Waals surface area contributed by atoms with Crippen LogP contribution in [-0.2, 0) is 20.8 Å². The molecule has 2 rings (SSSR count). The van der Waals surface area contributed by atoms with Gasteiger partial charge in [0.1, 0.15) is 12.2 Å². The number of aliphatic hydroxyl groups is 1. The molecule has 1 fully saturated rings. The molecule has 22 heavy (non-hydrogen) atoms. The van der Waals surface area contributed by atoms with Crippen molar-refractivity contribution in [3.05, 3.63) is 48.0 Å². The molecule has 0 radical (unpaired) electrons. The molecular formula is C18H26O4. The molecule has 1 aliphatic heterocycles. The standard InChI is InChI=1S/C18H26O4/c1-3-18(4-2)21-14-17(22-18)16(11-8-12-19)20-13-15-9-6-5-7-10-15/h5-11,16-17,19H,3-4,12-14H2,1-2H3/b11-8+/t16-,17-/m1/s1. The average Bonchev–Trinajstić information content (AvgIpc) is 3.01. The Labute approximate surface area is 132 Å². The van der Waals surface area contributed by atoms with Crippen molar-refractivity contribution in [1.82, 2.24) is 0 Å². The summed E-state index contributed by atoms with van der Waals surface area (Å²) in [6, 6.07) is 10.0. The third-order valence-electron chi connectivity index (χ3n) is 4.04. The topological polar surface area (TPSA) is 47.9 Å². The maximum atomic E-state index is 9.02. The van der Waals surface area contributed by atoms with E-state index in [2.05, 4.69) is 13.8 Å². The zero-order valence-electron chi connectivity index (χ0n) is 13.4. The first kappa shape index (κ1) is 17.2. The van der Waals surface area contributed by atoms with E-state index in [4.69, 9.17) is 19.3 Å². The van der Waals surface area contributed by atoms with Gasteiger partial charge in [0.2, 0.25) is 0 Å². The lowest BCUT2D eigenvalue weighted by Gasteiger charge is -2.27. The minimum Gasteiger partial charge on any atom is -0.392 e. The summed E-state index contributed by atoms with van der Waals surface area (Å²) in [4.78, 5) is 0. The van der Waals surface area contributed by atoms with Crippen LogP contribution in [0.3, 0.4) is 0 Å². The minimum atomic E-state index is -0.494. The van der Waals surface area contributed by atoms with Crippen molar-refractivity contribution in [3.63, 3.8) is 0 Å². The lowest BCUT2D eigenvalue weighted by Crippen LogP contribution is -2.34. The van der Waals surface area contributed by atoms with Gasteiger partial charge in [-0.3, -0.25) is 0 Å². The van der Waals surface area contributed by atoms with Crippen LogP contribution >= 0.6 is 0 Å². The zero-order chi connectivity index (χ0) is 15.8. The molecule has 1 aromatic carbocycles. The summed E-state index contributed by atoms with van der Waals surface area (Å²) in [5, 5.41) is 9.02. The highest BCUT2D eigenvalue weighted by Gasteiger charge is 2.41. The van der Waals surface area contributed by atoms with Crippen LogP contribution in [0.25, 0.3) is 0 Å². The molecule has 122 valence electrons. The summed E-state index contributed by atoms with van der Waals surface area (Å²) in [6.45, 7) is 5.14. The number of aliphatic hydroxyl groups excluding tert-OH is 1. The lowest BCUT2D eigenvalue weighted by atomic mass is 10.1. The fourth-order valence-electron chi connectivity index (χ4n) is 2.61. The van der Waals surface area contributed by atoms with Crippen molar-refractivity contribution < 1.29 is 19.3 Å². The van der Waals surface area contributed by atoms with Gasteiger partial charge in [0.25, 0.3) is 0 Å².